The Kier molecular flexibility index (Phi) is 6.70. The van der Waals surface area contributed by atoms with Gasteiger partial charge in [0.15, 0.2) is 5.82 Å². The van der Waals surface area contributed by atoms with E-state index in [0.717, 1.165) is 11.1 Å². The number of anilines is 2. The van der Waals surface area contributed by atoms with Crippen molar-refractivity contribution in [3.8, 4) is 5.88 Å². The summed E-state index contributed by atoms with van der Waals surface area (Å²) in [6.45, 7) is 4.35. The predicted molar refractivity (Wildman–Crippen MR) is 104 cm³/mol. The van der Waals surface area contributed by atoms with Gasteiger partial charge < -0.3 is 20.3 Å². The highest BCUT2D eigenvalue weighted by Crippen LogP contribution is 2.29. The van der Waals surface area contributed by atoms with E-state index >= 15 is 0 Å². The monoisotopic (exact) mass is 371 g/mol. The van der Waals surface area contributed by atoms with Crippen molar-refractivity contribution in [2.75, 3.05) is 38.0 Å². The van der Waals surface area contributed by atoms with E-state index in [0.29, 0.717) is 12.4 Å². The van der Waals surface area contributed by atoms with E-state index in [1.807, 2.05) is 32.0 Å². The number of benzene rings is 1. The minimum Gasteiger partial charge on any atom is -0.479 e. The van der Waals surface area contributed by atoms with Crippen LogP contribution in [-0.4, -0.2) is 49.5 Å². The number of methoxy groups -OCH3 is 1. The summed E-state index contributed by atoms with van der Waals surface area (Å²) in [6.07, 6.45) is 1.33. The van der Waals surface area contributed by atoms with Crippen molar-refractivity contribution in [3.05, 3.63) is 41.7 Å². The van der Waals surface area contributed by atoms with Crippen LogP contribution in [-0.2, 0) is 9.59 Å². The third-order valence-corrected chi connectivity index (χ3v) is 4.03. The molecule has 1 aromatic carbocycles. The Morgan fingerprint density at radius 2 is 1.96 bits per heavy atom. The summed E-state index contributed by atoms with van der Waals surface area (Å²) in [7, 11) is 4.96. The Morgan fingerprint density at radius 3 is 2.59 bits per heavy atom. The van der Waals surface area contributed by atoms with Crippen LogP contribution < -0.4 is 20.3 Å². The SMILES string of the molecule is COc1ncnc(N(C)C)c1NC(=O)C(=O)NCC(C)c1cccc(C)c1. The van der Waals surface area contributed by atoms with Crippen molar-refractivity contribution in [1.29, 1.82) is 0 Å². The second kappa shape index (κ2) is 8.98. The minimum absolute atomic E-state index is 0.0774. The van der Waals surface area contributed by atoms with E-state index in [9.17, 15) is 9.59 Å². The molecule has 0 fully saturated rings. The average molecular weight is 371 g/mol. The number of carbonyl (C=O) groups is 2. The van der Waals surface area contributed by atoms with Gasteiger partial charge in [-0.1, -0.05) is 36.8 Å². The summed E-state index contributed by atoms with van der Waals surface area (Å²) in [6, 6.07) is 8.05. The lowest BCUT2D eigenvalue weighted by Gasteiger charge is -2.18. The van der Waals surface area contributed by atoms with Gasteiger partial charge in [-0.15, -0.1) is 0 Å². The summed E-state index contributed by atoms with van der Waals surface area (Å²) in [5.74, 6) is -0.833. The smallest absolute Gasteiger partial charge is 0.313 e. The summed E-state index contributed by atoms with van der Waals surface area (Å²) >= 11 is 0. The summed E-state index contributed by atoms with van der Waals surface area (Å²) in [4.78, 5) is 34.3. The van der Waals surface area contributed by atoms with Gasteiger partial charge in [-0.05, 0) is 18.4 Å². The number of amides is 2. The molecule has 0 bridgehead atoms. The topological polar surface area (TPSA) is 96.5 Å². The molecule has 27 heavy (non-hydrogen) atoms. The molecule has 2 aromatic rings. The van der Waals surface area contributed by atoms with Crippen LogP contribution in [0.2, 0.25) is 0 Å². The van der Waals surface area contributed by atoms with Gasteiger partial charge in [0, 0.05) is 20.6 Å². The van der Waals surface area contributed by atoms with Gasteiger partial charge >= 0.3 is 11.8 Å². The Hall–Kier alpha value is -3.16. The molecular weight excluding hydrogens is 346 g/mol. The second-order valence-electron chi connectivity index (χ2n) is 6.46. The number of aryl methyl sites for hydroxylation is 1. The van der Waals surface area contributed by atoms with Crippen LogP contribution in [0.1, 0.15) is 24.0 Å². The van der Waals surface area contributed by atoms with Crippen molar-refractivity contribution in [2.24, 2.45) is 0 Å². The van der Waals surface area contributed by atoms with Crippen LogP contribution in [0.3, 0.4) is 0 Å². The zero-order chi connectivity index (χ0) is 20.0. The number of ether oxygens (including phenoxy) is 1. The molecule has 1 aromatic heterocycles. The number of nitrogens with zero attached hydrogens (tertiary/aromatic N) is 3. The molecule has 8 heteroatoms. The van der Waals surface area contributed by atoms with Gasteiger partial charge in [0.1, 0.15) is 12.0 Å². The zero-order valence-electron chi connectivity index (χ0n) is 16.2. The Morgan fingerprint density at radius 1 is 1.22 bits per heavy atom. The number of rotatable bonds is 6. The number of nitrogens with one attached hydrogen (secondary N) is 2. The van der Waals surface area contributed by atoms with Crippen molar-refractivity contribution >= 4 is 23.3 Å². The maximum Gasteiger partial charge on any atom is 0.313 e. The molecule has 0 radical (unpaired) electrons. The number of aromatic nitrogens is 2. The number of hydrogen-bond acceptors (Lipinski definition) is 6. The Bertz CT molecular complexity index is 823. The first-order chi connectivity index (χ1) is 12.8. The third-order valence-electron chi connectivity index (χ3n) is 4.03. The highest BCUT2D eigenvalue weighted by atomic mass is 16.5. The normalized spacial score (nSPS) is 11.4. The fourth-order valence-corrected chi connectivity index (χ4v) is 2.55. The molecule has 0 aliphatic heterocycles. The zero-order valence-corrected chi connectivity index (χ0v) is 16.2. The van der Waals surface area contributed by atoms with Crippen molar-refractivity contribution in [1.82, 2.24) is 15.3 Å². The van der Waals surface area contributed by atoms with Crippen LogP contribution in [0, 0.1) is 6.92 Å². The van der Waals surface area contributed by atoms with Crippen LogP contribution in [0.15, 0.2) is 30.6 Å². The van der Waals surface area contributed by atoms with Crippen LogP contribution >= 0.6 is 0 Å². The van der Waals surface area contributed by atoms with E-state index in [-0.39, 0.29) is 17.5 Å². The molecule has 2 amide bonds. The lowest BCUT2D eigenvalue weighted by molar-refractivity contribution is -0.136. The Balaban J connectivity index is 2.03. The first-order valence-electron chi connectivity index (χ1n) is 8.55. The van der Waals surface area contributed by atoms with Crippen molar-refractivity contribution < 1.29 is 14.3 Å². The molecule has 144 valence electrons. The molecule has 1 unspecified atom stereocenters. The quantitative estimate of drug-likeness (QED) is 0.751. The molecule has 0 aliphatic carbocycles. The molecule has 8 nitrogen and oxygen atoms in total. The highest BCUT2D eigenvalue weighted by Gasteiger charge is 2.21. The van der Waals surface area contributed by atoms with E-state index in [2.05, 4.69) is 26.7 Å². The summed E-state index contributed by atoms with van der Waals surface area (Å²) in [5, 5.41) is 5.20. The van der Waals surface area contributed by atoms with Crippen molar-refractivity contribution in [2.45, 2.75) is 19.8 Å². The van der Waals surface area contributed by atoms with Gasteiger partial charge in [0.2, 0.25) is 5.88 Å². The predicted octanol–water partition coefficient (Wildman–Crippen LogP) is 1.72. The van der Waals surface area contributed by atoms with E-state index in [1.54, 1.807) is 19.0 Å². The van der Waals surface area contributed by atoms with Gasteiger partial charge in [-0.25, -0.2) is 4.98 Å². The molecule has 1 atom stereocenters. The molecule has 2 N–H and O–H groups in total. The largest absolute Gasteiger partial charge is 0.479 e. The van der Waals surface area contributed by atoms with Crippen LogP contribution in [0.4, 0.5) is 11.5 Å². The maximum atomic E-state index is 12.3. The summed E-state index contributed by atoms with van der Waals surface area (Å²) in [5.41, 5.74) is 2.50. The average Bonchev–Trinajstić information content (AvgIpc) is 2.65. The van der Waals surface area contributed by atoms with Gasteiger partial charge in [0.05, 0.1) is 7.11 Å². The first kappa shape index (κ1) is 20.2. The molecule has 0 aliphatic rings. The Labute approximate surface area is 159 Å². The highest BCUT2D eigenvalue weighted by molar-refractivity contribution is 6.40. The van der Waals surface area contributed by atoms with Crippen LogP contribution in [0.25, 0.3) is 0 Å². The van der Waals surface area contributed by atoms with E-state index in [4.69, 9.17) is 4.74 Å². The molecule has 0 spiro atoms. The van der Waals surface area contributed by atoms with Gasteiger partial charge in [-0.3, -0.25) is 9.59 Å². The van der Waals surface area contributed by atoms with Gasteiger partial charge in [0.25, 0.3) is 0 Å². The lowest BCUT2D eigenvalue weighted by atomic mass is 9.99. The molecule has 2 rings (SSSR count). The molecule has 0 saturated carbocycles. The lowest BCUT2D eigenvalue weighted by Crippen LogP contribution is -2.37. The van der Waals surface area contributed by atoms with Crippen LogP contribution in [0.5, 0.6) is 5.88 Å². The molecule has 0 saturated heterocycles. The van der Waals surface area contributed by atoms with Crippen molar-refractivity contribution in [3.63, 3.8) is 0 Å². The fraction of sp³-hybridized carbons (Fsp3) is 0.368. The second-order valence-corrected chi connectivity index (χ2v) is 6.46. The van der Waals surface area contributed by atoms with Gasteiger partial charge in [-0.2, -0.15) is 4.98 Å². The number of hydrogen-bond donors (Lipinski definition) is 2. The standard InChI is InChI=1S/C19H25N5O3/c1-12-7-6-8-14(9-12)13(2)10-20-17(25)18(26)23-15-16(24(3)4)21-11-22-19(15)27-5/h6-9,11,13H,10H2,1-5H3,(H,20,25)(H,23,26). The van der Waals surface area contributed by atoms with E-state index < -0.39 is 11.8 Å². The maximum absolute atomic E-state index is 12.3. The molecular formula is C19H25N5O3. The molecule has 1 heterocycles. The summed E-state index contributed by atoms with van der Waals surface area (Å²) < 4.78 is 5.16. The third kappa shape index (κ3) is 5.16. The first-order valence-corrected chi connectivity index (χ1v) is 8.55. The van der Waals surface area contributed by atoms with E-state index in [1.165, 1.54) is 13.4 Å². The fourth-order valence-electron chi connectivity index (χ4n) is 2.55. The number of carbonyl (C=O) groups excluding carboxylic acids is 2. The minimum atomic E-state index is -0.803.